The van der Waals surface area contributed by atoms with Gasteiger partial charge in [0.25, 0.3) is 5.91 Å². The fourth-order valence-corrected chi connectivity index (χ4v) is 3.26. The normalized spacial score (nSPS) is 22.9. The van der Waals surface area contributed by atoms with Crippen molar-refractivity contribution in [1.29, 1.82) is 0 Å². The third-order valence-corrected chi connectivity index (χ3v) is 4.49. The number of rotatable bonds is 4. The standard InChI is InChI=1S/C15H27N3O3/c1-2-21-15(20)13(16)14(19)18-10-6-12(7-11-18)17-8-4-3-5-9-17/h12-13H,2-11,16H2,1H3. The van der Waals surface area contributed by atoms with Gasteiger partial charge in [0.15, 0.2) is 6.04 Å². The molecule has 6 heteroatoms. The molecule has 0 radical (unpaired) electrons. The smallest absolute Gasteiger partial charge is 0.332 e. The van der Waals surface area contributed by atoms with Crippen molar-refractivity contribution in [2.45, 2.75) is 51.1 Å². The van der Waals surface area contributed by atoms with E-state index in [1.54, 1.807) is 11.8 Å². The first-order chi connectivity index (χ1) is 10.1. The van der Waals surface area contributed by atoms with Crippen molar-refractivity contribution in [1.82, 2.24) is 9.80 Å². The quantitative estimate of drug-likeness (QED) is 0.599. The van der Waals surface area contributed by atoms with Gasteiger partial charge in [-0.1, -0.05) is 6.42 Å². The van der Waals surface area contributed by atoms with Gasteiger partial charge < -0.3 is 20.3 Å². The van der Waals surface area contributed by atoms with Crippen LogP contribution in [0.2, 0.25) is 0 Å². The van der Waals surface area contributed by atoms with Crippen LogP contribution in [-0.4, -0.2) is 66.5 Å². The van der Waals surface area contributed by atoms with Crippen LogP contribution in [-0.2, 0) is 14.3 Å². The first-order valence-electron chi connectivity index (χ1n) is 8.08. The second kappa shape index (κ2) is 7.75. The molecule has 2 aliphatic heterocycles. The summed E-state index contributed by atoms with van der Waals surface area (Å²) in [7, 11) is 0. The maximum absolute atomic E-state index is 12.2. The molecule has 1 unspecified atom stereocenters. The Morgan fingerprint density at radius 2 is 1.76 bits per heavy atom. The third kappa shape index (κ3) is 4.17. The second-order valence-corrected chi connectivity index (χ2v) is 5.88. The predicted octanol–water partition coefficient (Wildman–Crippen LogP) is 0.354. The molecule has 2 saturated heterocycles. The van der Waals surface area contributed by atoms with E-state index in [9.17, 15) is 9.59 Å². The molecule has 2 aliphatic rings. The van der Waals surface area contributed by atoms with Gasteiger partial charge in [-0.2, -0.15) is 0 Å². The average molecular weight is 297 g/mol. The van der Waals surface area contributed by atoms with Crippen LogP contribution in [0.3, 0.4) is 0 Å². The summed E-state index contributed by atoms with van der Waals surface area (Å²) in [6, 6.07) is -0.593. The molecule has 0 bridgehead atoms. The first kappa shape index (κ1) is 16.2. The summed E-state index contributed by atoms with van der Waals surface area (Å²) in [5.41, 5.74) is 5.68. The molecule has 2 fully saturated rings. The number of carbonyl (C=O) groups excluding carboxylic acids is 2. The predicted molar refractivity (Wildman–Crippen MR) is 79.6 cm³/mol. The lowest BCUT2D eigenvalue weighted by atomic mass is 9.99. The van der Waals surface area contributed by atoms with Crippen molar-refractivity contribution in [2.75, 3.05) is 32.8 Å². The van der Waals surface area contributed by atoms with Crippen LogP contribution in [0.15, 0.2) is 0 Å². The molecule has 2 rings (SSSR count). The van der Waals surface area contributed by atoms with Crippen LogP contribution in [0.4, 0.5) is 0 Å². The largest absolute Gasteiger partial charge is 0.464 e. The van der Waals surface area contributed by atoms with Crippen LogP contribution in [0.25, 0.3) is 0 Å². The summed E-state index contributed by atoms with van der Waals surface area (Å²) >= 11 is 0. The van der Waals surface area contributed by atoms with Gasteiger partial charge in [0.2, 0.25) is 0 Å². The van der Waals surface area contributed by atoms with Gasteiger partial charge in [-0.05, 0) is 45.7 Å². The first-order valence-corrected chi connectivity index (χ1v) is 8.08. The van der Waals surface area contributed by atoms with Crippen LogP contribution in [0.5, 0.6) is 0 Å². The highest BCUT2D eigenvalue weighted by Gasteiger charge is 2.32. The minimum Gasteiger partial charge on any atom is -0.464 e. The average Bonchev–Trinajstić information content (AvgIpc) is 2.54. The summed E-state index contributed by atoms with van der Waals surface area (Å²) in [5, 5.41) is 0. The zero-order chi connectivity index (χ0) is 15.2. The summed E-state index contributed by atoms with van der Waals surface area (Å²) in [5.74, 6) is -0.925. The Kier molecular flexibility index (Phi) is 5.99. The zero-order valence-electron chi connectivity index (χ0n) is 12.9. The number of esters is 1. The highest BCUT2D eigenvalue weighted by Crippen LogP contribution is 2.21. The molecule has 0 spiro atoms. The van der Waals surface area contributed by atoms with Gasteiger partial charge in [0.05, 0.1) is 6.61 Å². The molecule has 0 saturated carbocycles. The van der Waals surface area contributed by atoms with E-state index < -0.39 is 12.0 Å². The van der Waals surface area contributed by atoms with E-state index in [0.29, 0.717) is 19.1 Å². The van der Waals surface area contributed by atoms with E-state index >= 15 is 0 Å². The molecule has 1 atom stereocenters. The lowest BCUT2D eigenvalue weighted by Crippen LogP contribution is -2.54. The van der Waals surface area contributed by atoms with Gasteiger partial charge in [-0.15, -0.1) is 0 Å². The molecule has 0 aromatic carbocycles. The Balaban J connectivity index is 1.80. The Morgan fingerprint density at radius 3 is 2.33 bits per heavy atom. The maximum Gasteiger partial charge on any atom is 0.332 e. The van der Waals surface area contributed by atoms with E-state index in [-0.39, 0.29) is 12.5 Å². The lowest BCUT2D eigenvalue weighted by molar-refractivity contribution is -0.151. The summed E-state index contributed by atoms with van der Waals surface area (Å²) < 4.78 is 4.81. The SMILES string of the molecule is CCOC(=O)C(N)C(=O)N1CCC(N2CCCCC2)CC1. The molecule has 0 aromatic heterocycles. The number of ether oxygens (including phenoxy) is 1. The minimum absolute atomic E-state index is 0.247. The fraction of sp³-hybridized carbons (Fsp3) is 0.867. The summed E-state index contributed by atoms with van der Waals surface area (Å²) in [6.07, 6.45) is 5.85. The molecule has 6 nitrogen and oxygen atoms in total. The van der Waals surface area contributed by atoms with Crippen LogP contribution in [0.1, 0.15) is 39.0 Å². The molecule has 21 heavy (non-hydrogen) atoms. The van der Waals surface area contributed by atoms with Crippen LogP contribution < -0.4 is 5.73 Å². The number of hydrogen-bond acceptors (Lipinski definition) is 5. The molecule has 2 heterocycles. The molecular weight excluding hydrogens is 270 g/mol. The van der Waals surface area contributed by atoms with E-state index in [1.165, 1.54) is 32.4 Å². The Bertz CT molecular complexity index is 361. The number of nitrogens with zero attached hydrogens (tertiary/aromatic N) is 2. The second-order valence-electron chi connectivity index (χ2n) is 5.88. The van der Waals surface area contributed by atoms with Gasteiger partial charge in [-0.25, -0.2) is 4.79 Å². The van der Waals surface area contributed by atoms with Crippen molar-refractivity contribution < 1.29 is 14.3 Å². The summed E-state index contributed by atoms with van der Waals surface area (Å²) in [6.45, 7) is 5.69. The van der Waals surface area contributed by atoms with Crippen molar-refractivity contribution in [3.8, 4) is 0 Å². The molecule has 120 valence electrons. The summed E-state index contributed by atoms with van der Waals surface area (Å²) in [4.78, 5) is 28.0. The number of amides is 1. The minimum atomic E-state index is -1.17. The number of nitrogens with two attached hydrogens (primary N) is 1. The Hall–Kier alpha value is -1.14. The van der Waals surface area contributed by atoms with Crippen molar-refractivity contribution in [3.63, 3.8) is 0 Å². The highest BCUT2D eigenvalue weighted by atomic mass is 16.5. The third-order valence-electron chi connectivity index (χ3n) is 4.49. The van der Waals surface area contributed by atoms with E-state index in [0.717, 1.165) is 12.8 Å². The molecule has 2 N–H and O–H groups in total. The number of piperidine rings is 2. The number of hydrogen-bond donors (Lipinski definition) is 1. The van der Waals surface area contributed by atoms with E-state index in [1.807, 2.05) is 0 Å². The van der Waals surface area contributed by atoms with Crippen molar-refractivity contribution in [2.24, 2.45) is 5.73 Å². The van der Waals surface area contributed by atoms with Crippen LogP contribution >= 0.6 is 0 Å². The van der Waals surface area contributed by atoms with E-state index in [2.05, 4.69) is 4.90 Å². The monoisotopic (exact) mass is 297 g/mol. The number of likely N-dealkylation sites (tertiary alicyclic amines) is 2. The molecule has 0 aromatic rings. The molecular formula is C15H27N3O3. The Morgan fingerprint density at radius 1 is 1.14 bits per heavy atom. The van der Waals surface area contributed by atoms with Gasteiger partial charge in [-0.3, -0.25) is 4.79 Å². The van der Waals surface area contributed by atoms with Crippen LogP contribution in [0, 0.1) is 0 Å². The van der Waals surface area contributed by atoms with Gasteiger partial charge >= 0.3 is 5.97 Å². The fourth-order valence-electron chi connectivity index (χ4n) is 3.26. The molecule has 0 aliphatic carbocycles. The van der Waals surface area contributed by atoms with Crippen molar-refractivity contribution in [3.05, 3.63) is 0 Å². The maximum atomic E-state index is 12.2. The lowest BCUT2D eigenvalue weighted by Gasteiger charge is -2.40. The zero-order valence-corrected chi connectivity index (χ0v) is 12.9. The van der Waals surface area contributed by atoms with Crippen molar-refractivity contribution >= 4 is 11.9 Å². The number of carbonyl (C=O) groups is 2. The highest BCUT2D eigenvalue weighted by molar-refractivity contribution is 6.01. The van der Waals surface area contributed by atoms with Gasteiger partial charge in [0, 0.05) is 19.1 Å². The van der Waals surface area contributed by atoms with Gasteiger partial charge in [0.1, 0.15) is 0 Å². The van der Waals surface area contributed by atoms with E-state index in [4.69, 9.17) is 10.5 Å². The molecule has 1 amide bonds. The Labute approximate surface area is 126 Å². The topological polar surface area (TPSA) is 75.9 Å².